The number of carbonyl (C=O) groups is 1. The Morgan fingerprint density at radius 1 is 1.04 bits per heavy atom. The molecule has 2 aromatic carbocycles. The van der Waals surface area contributed by atoms with Gasteiger partial charge in [-0.05, 0) is 25.0 Å². The van der Waals surface area contributed by atoms with Crippen molar-refractivity contribution in [2.45, 2.75) is 33.1 Å². The van der Waals surface area contributed by atoms with Gasteiger partial charge >= 0.3 is 0 Å². The summed E-state index contributed by atoms with van der Waals surface area (Å²) in [6.45, 7) is 5.14. The van der Waals surface area contributed by atoms with Gasteiger partial charge in [-0.3, -0.25) is 14.9 Å². The van der Waals surface area contributed by atoms with Crippen molar-refractivity contribution in [1.82, 2.24) is 0 Å². The summed E-state index contributed by atoms with van der Waals surface area (Å²) in [5.41, 5.74) is 0.849. The average molecular weight is 372 g/mol. The van der Waals surface area contributed by atoms with E-state index in [1.807, 2.05) is 13.8 Å². The first-order valence-corrected chi connectivity index (χ1v) is 8.97. The number of hydrogen-bond donors (Lipinski definition) is 1. The summed E-state index contributed by atoms with van der Waals surface area (Å²) in [4.78, 5) is 22.9. The van der Waals surface area contributed by atoms with Crippen LogP contribution >= 0.6 is 0 Å². The molecule has 0 aliphatic carbocycles. The van der Waals surface area contributed by atoms with Crippen molar-refractivity contribution in [2.24, 2.45) is 0 Å². The second-order valence-electron chi connectivity index (χ2n) is 5.97. The summed E-state index contributed by atoms with van der Waals surface area (Å²) >= 11 is 0. The van der Waals surface area contributed by atoms with Crippen LogP contribution in [0.4, 0.5) is 11.4 Å². The smallest absolute Gasteiger partial charge is 0.273 e. The predicted molar refractivity (Wildman–Crippen MR) is 103 cm³/mol. The standard InChI is InChI=1S/C20H24N2O5/c1-3-11-26-18-10-9-16(14-19(18)27-12-4-2)21-20(23)13-15-7-5-6-8-17(15)22(24)25/h5-10,14H,3-4,11-13H2,1-2H3,(H,21,23). The van der Waals surface area contributed by atoms with Crippen molar-refractivity contribution >= 4 is 17.3 Å². The number of rotatable bonds is 10. The molecule has 2 aromatic rings. The summed E-state index contributed by atoms with van der Waals surface area (Å²) in [6, 6.07) is 11.4. The van der Waals surface area contributed by atoms with Gasteiger partial charge in [0.15, 0.2) is 11.5 Å². The number of ether oxygens (including phenoxy) is 2. The van der Waals surface area contributed by atoms with Gasteiger partial charge in [-0.25, -0.2) is 0 Å². The third-order valence-corrected chi connectivity index (χ3v) is 3.69. The van der Waals surface area contributed by atoms with Gasteiger partial charge in [-0.2, -0.15) is 0 Å². The Hall–Kier alpha value is -3.09. The van der Waals surface area contributed by atoms with E-state index < -0.39 is 4.92 Å². The van der Waals surface area contributed by atoms with E-state index in [1.165, 1.54) is 6.07 Å². The fourth-order valence-corrected chi connectivity index (χ4v) is 2.46. The monoisotopic (exact) mass is 372 g/mol. The maximum atomic E-state index is 12.3. The van der Waals surface area contributed by atoms with Crippen LogP contribution in [0.1, 0.15) is 32.3 Å². The van der Waals surface area contributed by atoms with Crippen molar-refractivity contribution in [3.63, 3.8) is 0 Å². The highest BCUT2D eigenvalue weighted by Gasteiger charge is 2.16. The Morgan fingerprint density at radius 3 is 2.37 bits per heavy atom. The van der Waals surface area contributed by atoms with Gasteiger partial charge in [-0.15, -0.1) is 0 Å². The molecule has 0 spiro atoms. The van der Waals surface area contributed by atoms with Crippen LogP contribution in [0.5, 0.6) is 11.5 Å². The van der Waals surface area contributed by atoms with Crippen LogP contribution in [-0.2, 0) is 11.2 Å². The molecule has 0 atom stereocenters. The topological polar surface area (TPSA) is 90.7 Å². The van der Waals surface area contributed by atoms with Crippen molar-refractivity contribution in [2.75, 3.05) is 18.5 Å². The second-order valence-corrected chi connectivity index (χ2v) is 5.97. The number of nitro benzene ring substituents is 1. The minimum absolute atomic E-state index is 0.0667. The zero-order valence-corrected chi connectivity index (χ0v) is 15.6. The molecule has 0 aliphatic rings. The molecule has 2 rings (SSSR count). The number of hydrogen-bond acceptors (Lipinski definition) is 5. The normalized spacial score (nSPS) is 10.3. The largest absolute Gasteiger partial charge is 0.490 e. The first-order valence-electron chi connectivity index (χ1n) is 8.97. The quantitative estimate of drug-likeness (QED) is 0.494. The van der Waals surface area contributed by atoms with Crippen molar-refractivity contribution in [1.29, 1.82) is 0 Å². The van der Waals surface area contributed by atoms with Crippen LogP contribution in [0.25, 0.3) is 0 Å². The van der Waals surface area contributed by atoms with Crippen LogP contribution in [0.3, 0.4) is 0 Å². The molecule has 0 radical (unpaired) electrons. The van der Waals surface area contributed by atoms with Crippen molar-refractivity contribution in [3.8, 4) is 11.5 Å². The SMILES string of the molecule is CCCOc1ccc(NC(=O)Cc2ccccc2[N+](=O)[O-])cc1OCCC. The highest BCUT2D eigenvalue weighted by molar-refractivity contribution is 5.93. The third kappa shape index (κ3) is 5.99. The van der Waals surface area contributed by atoms with Crippen LogP contribution < -0.4 is 14.8 Å². The summed E-state index contributed by atoms with van der Waals surface area (Å²) in [5.74, 6) is 0.851. The summed E-state index contributed by atoms with van der Waals surface area (Å²) in [5, 5.41) is 13.8. The Morgan fingerprint density at radius 2 is 1.70 bits per heavy atom. The van der Waals surface area contributed by atoms with Gasteiger partial charge in [-0.1, -0.05) is 32.0 Å². The van der Waals surface area contributed by atoms with Crippen LogP contribution in [0.2, 0.25) is 0 Å². The number of carbonyl (C=O) groups excluding carboxylic acids is 1. The minimum atomic E-state index is -0.487. The first kappa shape index (κ1) is 20.2. The van der Waals surface area contributed by atoms with E-state index in [-0.39, 0.29) is 18.0 Å². The lowest BCUT2D eigenvalue weighted by Gasteiger charge is -2.14. The molecular formula is C20H24N2O5. The van der Waals surface area contributed by atoms with Gasteiger partial charge in [0.2, 0.25) is 5.91 Å². The molecule has 0 fully saturated rings. The van der Waals surface area contributed by atoms with Gasteiger partial charge in [0, 0.05) is 23.4 Å². The van der Waals surface area contributed by atoms with E-state index in [2.05, 4.69) is 5.32 Å². The Balaban J connectivity index is 2.11. The van der Waals surface area contributed by atoms with Gasteiger partial charge in [0.05, 0.1) is 24.6 Å². The second kappa shape index (κ2) is 10.2. The van der Waals surface area contributed by atoms with Crippen LogP contribution in [-0.4, -0.2) is 24.0 Å². The minimum Gasteiger partial charge on any atom is -0.490 e. The van der Waals surface area contributed by atoms with Crippen molar-refractivity contribution < 1.29 is 19.2 Å². The number of benzene rings is 2. The van der Waals surface area contributed by atoms with Gasteiger partial charge in [0.1, 0.15) is 0 Å². The zero-order valence-electron chi connectivity index (χ0n) is 15.6. The lowest BCUT2D eigenvalue weighted by molar-refractivity contribution is -0.385. The van der Waals surface area contributed by atoms with Gasteiger partial charge in [0.25, 0.3) is 5.69 Å². The molecule has 7 heteroatoms. The summed E-state index contributed by atoms with van der Waals surface area (Å²) in [7, 11) is 0. The average Bonchev–Trinajstić information content (AvgIpc) is 2.65. The number of anilines is 1. The lowest BCUT2D eigenvalue weighted by Crippen LogP contribution is -2.15. The van der Waals surface area contributed by atoms with Crippen molar-refractivity contribution in [3.05, 3.63) is 58.1 Å². The molecule has 0 heterocycles. The first-order chi connectivity index (χ1) is 13.0. The molecule has 144 valence electrons. The fourth-order valence-electron chi connectivity index (χ4n) is 2.46. The maximum Gasteiger partial charge on any atom is 0.273 e. The lowest BCUT2D eigenvalue weighted by atomic mass is 10.1. The Kier molecular flexibility index (Phi) is 7.61. The predicted octanol–water partition coefficient (Wildman–Crippen LogP) is 4.35. The molecule has 0 aromatic heterocycles. The van der Waals surface area contributed by atoms with E-state index in [9.17, 15) is 14.9 Å². The number of nitrogens with zero attached hydrogens (tertiary/aromatic N) is 1. The van der Waals surface area contributed by atoms with E-state index in [0.29, 0.717) is 36.0 Å². The fraction of sp³-hybridized carbons (Fsp3) is 0.350. The zero-order chi connectivity index (χ0) is 19.6. The molecular weight excluding hydrogens is 348 g/mol. The molecule has 0 bridgehead atoms. The highest BCUT2D eigenvalue weighted by Crippen LogP contribution is 2.31. The molecule has 27 heavy (non-hydrogen) atoms. The van der Waals surface area contributed by atoms with E-state index in [1.54, 1.807) is 36.4 Å². The number of amides is 1. The van der Waals surface area contributed by atoms with E-state index >= 15 is 0 Å². The number of nitrogens with one attached hydrogen (secondary N) is 1. The third-order valence-electron chi connectivity index (χ3n) is 3.69. The van der Waals surface area contributed by atoms with E-state index in [0.717, 1.165) is 12.8 Å². The van der Waals surface area contributed by atoms with Crippen LogP contribution in [0.15, 0.2) is 42.5 Å². The number of nitro groups is 1. The molecule has 1 N–H and O–H groups in total. The molecule has 1 amide bonds. The molecule has 7 nitrogen and oxygen atoms in total. The van der Waals surface area contributed by atoms with Gasteiger partial charge < -0.3 is 14.8 Å². The number of para-hydroxylation sites is 1. The van der Waals surface area contributed by atoms with E-state index in [4.69, 9.17) is 9.47 Å². The summed E-state index contributed by atoms with van der Waals surface area (Å²) in [6.07, 6.45) is 1.64. The maximum absolute atomic E-state index is 12.3. The molecule has 0 saturated carbocycles. The summed E-state index contributed by atoms with van der Waals surface area (Å²) < 4.78 is 11.4. The highest BCUT2D eigenvalue weighted by atomic mass is 16.6. The van der Waals surface area contributed by atoms with Crippen LogP contribution in [0, 0.1) is 10.1 Å². The molecule has 0 unspecified atom stereocenters. The Bertz CT molecular complexity index is 792. The Labute approximate surface area is 158 Å². The molecule has 0 aliphatic heterocycles. The molecule has 0 saturated heterocycles.